The molecule has 2 heterocycles. The molecule has 1 aliphatic heterocycles. The van der Waals surface area contributed by atoms with E-state index in [1.807, 2.05) is 38.1 Å². The predicted octanol–water partition coefficient (Wildman–Crippen LogP) is 5.50. The smallest absolute Gasteiger partial charge is 0.410 e. The van der Waals surface area contributed by atoms with Crippen LogP contribution in [0.1, 0.15) is 47.0 Å². The molecule has 0 saturated heterocycles. The van der Waals surface area contributed by atoms with Gasteiger partial charge in [0.1, 0.15) is 11.6 Å². The molecule has 2 N–H and O–H groups in total. The molecular weight excluding hydrogens is 421 g/mol. The van der Waals surface area contributed by atoms with E-state index in [1.54, 1.807) is 24.3 Å². The molecule has 168 valence electrons. The van der Waals surface area contributed by atoms with Gasteiger partial charge in [-0.15, -0.1) is 0 Å². The number of fused-ring (bicyclic) bond motifs is 1. The standard InChI is InChI=1S/C23H23F3N4O2/c1-3-32-17-10-8-16(9-11-17)27-22(31)19-13-21-28-18(15-6-4-14(2)5-7-15)12-20(23(24,25)26)30(21)29-19/h4-11,13,18,20,28H,3,12H2,1-2H3,(H,27,31)/t18-,20-/m0/s1. The third-order valence-electron chi connectivity index (χ3n) is 5.33. The highest BCUT2D eigenvalue weighted by molar-refractivity contribution is 6.03. The van der Waals surface area contributed by atoms with Crippen LogP contribution < -0.4 is 15.4 Å². The lowest BCUT2D eigenvalue weighted by Crippen LogP contribution is -2.35. The Bertz CT molecular complexity index is 1090. The Morgan fingerprint density at radius 2 is 1.88 bits per heavy atom. The predicted molar refractivity (Wildman–Crippen MR) is 115 cm³/mol. The molecule has 2 atom stereocenters. The van der Waals surface area contributed by atoms with E-state index in [0.717, 1.165) is 15.8 Å². The van der Waals surface area contributed by atoms with Gasteiger partial charge < -0.3 is 15.4 Å². The first-order chi connectivity index (χ1) is 15.2. The minimum Gasteiger partial charge on any atom is -0.494 e. The molecule has 0 fully saturated rings. The molecule has 9 heteroatoms. The molecule has 0 unspecified atom stereocenters. The molecule has 0 spiro atoms. The van der Waals surface area contributed by atoms with Crippen molar-refractivity contribution in [2.75, 3.05) is 17.2 Å². The summed E-state index contributed by atoms with van der Waals surface area (Å²) in [5.41, 5.74) is 2.16. The van der Waals surface area contributed by atoms with Crippen LogP contribution in [-0.2, 0) is 0 Å². The molecule has 1 amide bonds. The largest absolute Gasteiger partial charge is 0.494 e. The molecule has 2 aromatic carbocycles. The summed E-state index contributed by atoms with van der Waals surface area (Å²) in [6.45, 7) is 4.30. The number of nitrogens with zero attached hydrogens (tertiary/aromatic N) is 2. The van der Waals surface area contributed by atoms with Gasteiger partial charge in [-0.2, -0.15) is 18.3 Å². The van der Waals surface area contributed by atoms with Gasteiger partial charge in [-0.1, -0.05) is 29.8 Å². The number of hydrogen-bond donors (Lipinski definition) is 2. The van der Waals surface area contributed by atoms with Crippen molar-refractivity contribution in [3.05, 3.63) is 71.4 Å². The van der Waals surface area contributed by atoms with Crippen molar-refractivity contribution in [2.45, 2.75) is 38.5 Å². The lowest BCUT2D eigenvalue weighted by atomic mass is 9.96. The number of halogens is 3. The second-order valence-corrected chi connectivity index (χ2v) is 7.67. The van der Waals surface area contributed by atoms with Gasteiger partial charge in [-0.3, -0.25) is 4.79 Å². The fourth-order valence-electron chi connectivity index (χ4n) is 3.70. The highest BCUT2D eigenvalue weighted by Crippen LogP contribution is 2.43. The highest BCUT2D eigenvalue weighted by Gasteiger charge is 2.46. The van der Waals surface area contributed by atoms with E-state index in [4.69, 9.17) is 4.74 Å². The fourth-order valence-corrected chi connectivity index (χ4v) is 3.70. The normalized spacial score (nSPS) is 17.9. The molecule has 4 rings (SSSR count). The van der Waals surface area contributed by atoms with Gasteiger partial charge in [0, 0.05) is 18.2 Å². The Morgan fingerprint density at radius 1 is 1.19 bits per heavy atom. The van der Waals surface area contributed by atoms with Crippen molar-refractivity contribution in [3.63, 3.8) is 0 Å². The SMILES string of the molecule is CCOc1ccc(NC(=O)c2cc3n(n2)[C@H](C(F)(F)F)C[C@@H](c2ccc(C)cc2)N3)cc1. The number of hydrogen-bond acceptors (Lipinski definition) is 4. The van der Waals surface area contributed by atoms with Crippen LogP contribution in [0.2, 0.25) is 0 Å². The van der Waals surface area contributed by atoms with Gasteiger partial charge in [0.05, 0.1) is 12.6 Å². The highest BCUT2D eigenvalue weighted by atomic mass is 19.4. The van der Waals surface area contributed by atoms with Crippen molar-refractivity contribution >= 4 is 17.4 Å². The summed E-state index contributed by atoms with van der Waals surface area (Å²) >= 11 is 0. The molecule has 0 bridgehead atoms. The van der Waals surface area contributed by atoms with Crippen LogP contribution in [0.3, 0.4) is 0 Å². The zero-order chi connectivity index (χ0) is 22.9. The third-order valence-corrected chi connectivity index (χ3v) is 5.33. The van der Waals surface area contributed by atoms with Crippen molar-refractivity contribution in [1.29, 1.82) is 0 Å². The summed E-state index contributed by atoms with van der Waals surface area (Å²) in [4.78, 5) is 12.7. The van der Waals surface area contributed by atoms with E-state index in [1.165, 1.54) is 6.07 Å². The Morgan fingerprint density at radius 3 is 2.50 bits per heavy atom. The van der Waals surface area contributed by atoms with E-state index >= 15 is 0 Å². The van der Waals surface area contributed by atoms with Crippen LogP contribution in [0.5, 0.6) is 5.75 Å². The van der Waals surface area contributed by atoms with E-state index in [0.29, 0.717) is 18.0 Å². The number of rotatable bonds is 5. The Hall–Kier alpha value is -3.49. The molecule has 0 aliphatic carbocycles. The second kappa shape index (κ2) is 8.57. The molecule has 1 aliphatic rings. The van der Waals surface area contributed by atoms with Gasteiger partial charge in [-0.25, -0.2) is 4.68 Å². The zero-order valence-corrected chi connectivity index (χ0v) is 17.6. The quantitative estimate of drug-likeness (QED) is 0.545. The summed E-state index contributed by atoms with van der Waals surface area (Å²) in [6.07, 6.45) is -4.73. The molecule has 1 aromatic heterocycles. The zero-order valence-electron chi connectivity index (χ0n) is 17.6. The van der Waals surface area contributed by atoms with Crippen molar-refractivity contribution in [2.24, 2.45) is 0 Å². The summed E-state index contributed by atoms with van der Waals surface area (Å²) < 4.78 is 47.7. The maximum atomic E-state index is 13.8. The van der Waals surface area contributed by atoms with Gasteiger partial charge >= 0.3 is 6.18 Å². The summed E-state index contributed by atoms with van der Waals surface area (Å²) in [5.74, 6) is 0.217. The Balaban J connectivity index is 1.58. The number of aromatic nitrogens is 2. The molecule has 0 saturated carbocycles. The van der Waals surface area contributed by atoms with E-state index < -0.39 is 24.2 Å². The number of anilines is 2. The van der Waals surface area contributed by atoms with Crippen LogP contribution in [0, 0.1) is 6.92 Å². The number of nitrogens with one attached hydrogen (secondary N) is 2. The van der Waals surface area contributed by atoms with Gasteiger partial charge in [0.2, 0.25) is 0 Å². The number of ether oxygens (including phenoxy) is 1. The van der Waals surface area contributed by atoms with Crippen LogP contribution >= 0.6 is 0 Å². The van der Waals surface area contributed by atoms with Gasteiger partial charge in [0.25, 0.3) is 5.91 Å². The lowest BCUT2D eigenvalue weighted by Gasteiger charge is -2.33. The average molecular weight is 444 g/mol. The molecular formula is C23H23F3N4O2. The minimum atomic E-state index is -4.51. The lowest BCUT2D eigenvalue weighted by molar-refractivity contribution is -0.173. The topological polar surface area (TPSA) is 68.2 Å². The monoisotopic (exact) mass is 444 g/mol. The average Bonchev–Trinajstić information content (AvgIpc) is 3.19. The molecule has 0 radical (unpaired) electrons. The first-order valence-electron chi connectivity index (χ1n) is 10.3. The van der Waals surface area contributed by atoms with E-state index in [2.05, 4.69) is 15.7 Å². The van der Waals surface area contributed by atoms with Crippen LogP contribution in [-0.4, -0.2) is 28.5 Å². The summed E-state index contributed by atoms with van der Waals surface area (Å²) in [7, 11) is 0. The first-order valence-corrected chi connectivity index (χ1v) is 10.3. The number of carbonyl (C=O) groups is 1. The Kier molecular flexibility index (Phi) is 5.82. The van der Waals surface area contributed by atoms with E-state index in [9.17, 15) is 18.0 Å². The van der Waals surface area contributed by atoms with Crippen molar-refractivity contribution in [1.82, 2.24) is 9.78 Å². The molecule has 32 heavy (non-hydrogen) atoms. The van der Waals surface area contributed by atoms with E-state index in [-0.39, 0.29) is 17.9 Å². The Labute approximate surface area is 183 Å². The van der Waals surface area contributed by atoms with Crippen LogP contribution in [0.4, 0.5) is 24.7 Å². The molecule has 6 nitrogen and oxygen atoms in total. The maximum absolute atomic E-state index is 13.8. The summed E-state index contributed by atoms with van der Waals surface area (Å²) in [6, 6.07) is 13.0. The minimum absolute atomic E-state index is 0.0970. The third kappa shape index (κ3) is 4.56. The second-order valence-electron chi connectivity index (χ2n) is 7.67. The number of carbonyl (C=O) groups excluding carboxylic acids is 1. The first kappa shape index (κ1) is 21.7. The number of aryl methyl sites for hydroxylation is 1. The number of benzene rings is 2. The van der Waals surface area contributed by atoms with Crippen molar-refractivity contribution < 1.29 is 22.7 Å². The maximum Gasteiger partial charge on any atom is 0.410 e. The molecule has 3 aromatic rings. The van der Waals surface area contributed by atoms with Crippen molar-refractivity contribution in [3.8, 4) is 5.75 Å². The summed E-state index contributed by atoms with van der Waals surface area (Å²) in [5, 5.41) is 9.74. The number of amides is 1. The van der Waals surface area contributed by atoms with Gasteiger partial charge in [-0.05, 0) is 43.7 Å². The van der Waals surface area contributed by atoms with Gasteiger partial charge in [0.15, 0.2) is 11.7 Å². The van der Waals surface area contributed by atoms with Crippen LogP contribution in [0.15, 0.2) is 54.6 Å². The fraction of sp³-hybridized carbons (Fsp3) is 0.304. The van der Waals surface area contributed by atoms with Crippen LogP contribution in [0.25, 0.3) is 0 Å². The number of alkyl halides is 3.